The summed E-state index contributed by atoms with van der Waals surface area (Å²) in [4.78, 5) is 13.3. The third-order valence-corrected chi connectivity index (χ3v) is 3.08. The average molecular weight is 333 g/mol. The first-order chi connectivity index (χ1) is 9.04. The van der Waals surface area contributed by atoms with Crippen molar-refractivity contribution >= 4 is 21.8 Å². The van der Waals surface area contributed by atoms with E-state index in [1.165, 1.54) is 12.1 Å². The van der Waals surface area contributed by atoms with Crippen LogP contribution in [0.2, 0.25) is 0 Å². The van der Waals surface area contributed by atoms with E-state index < -0.39 is 5.82 Å². The van der Waals surface area contributed by atoms with Gasteiger partial charge in [0, 0.05) is 24.6 Å². The lowest BCUT2D eigenvalue weighted by Gasteiger charge is -2.17. The van der Waals surface area contributed by atoms with Gasteiger partial charge in [0.25, 0.3) is 0 Å². The number of ether oxygens (including phenoxy) is 1. The number of halogens is 2. The molecule has 0 radical (unpaired) electrons. The molecule has 0 aliphatic rings. The van der Waals surface area contributed by atoms with Gasteiger partial charge >= 0.3 is 0 Å². The van der Waals surface area contributed by atoms with Gasteiger partial charge in [-0.05, 0) is 25.2 Å². The van der Waals surface area contributed by atoms with Crippen LogP contribution < -0.4 is 10.1 Å². The van der Waals surface area contributed by atoms with Gasteiger partial charge in [-0.25, -0.2) is 4.39 Å². The number of carbonyl (C=O) groups is 1. The van der Waals surface area contributed by atoms with Gasteiger partial charge in [0.1, 0.15) is 0 Å². The zero-order chi connectivity index (χ0) is 14.3. The summed E-state index contributed by atoms with van der Waals surface area (Å²) in [6.45, 7) is 1.55. The Hall–Kier alpha value is -1.14. The summed E-state index contributed by atoms with van der Waals surface area (Å²) in [6.07, 6.45) is 0.232. The molecule has 0 aliphatic carbocycles. The maximum atomic E-state index is 13.4. The van der Waals surface area contributed by atoms with E-state index in [1.54, 1.807) is 18.0 Å². The summed E-state index contributed by atoms with van der Waals surface area (Å²) in [6, 6.07) is 4.56. The normalized spacial score (nSPS) is 10.3. The second-order valence-corrected chi connectivity index (χ2v) is 5.01. The number of nitrogens with one attached hydrogen (secondary N) is 1. The highest BCUT2D eigenvalue weighted by atomic mass is 79.9. The van der Waals surface area contributed by atoms with Crippen LogP contribution in [0.4, 0.5) is 4.39 Å². The molecule has 0 spiro atoms. The molecule has 0 fully saturated rings. The first-order valence-corrected chi connectivity index (χ1v) is 6.80. The highest BCUT2D eigenvalue weighted by Crippen LogP contribution is 2.21. The van der Waals surface area contributed by atoms with Gasteiger partial charge in [-0.1, -0.05) is 15.9 Å². The van der Waals surface area contributed by atoms with E-state index in [1.807, 2.05) is 7.05 Å². The number of hydrogen-bond donors (Lipinski definition) is 1. The number of hydrogen-bond acceptors (Lipinski definition) is 3. The summed E-state index contributed by atoms with van der Waals surface area (Å²) in [5.74, 6) is -0.299. The Kier molecular flexibility index (Phi) is 6.80. The van der Waals surface area contributed by atoms with E-state index in [-0.39, 0.29) is 24.7 Å². The van der Waals surface area contributed by atoms with Gasteiger partial charge in [-0.3, -0.25) is 4.79 Å². The van der Waals surface area contributed by atoms with Crippen molar-refractivity contribution in [2.75, 3.05) is 33.8 Å². The smallest absolute Gasteiger partial charge is 0.225 e. The van der Waals surface area contributed by atoms with Crippen LogP contribution in [-0.2, 0) is 4.79 Å². The fraction of sp³-hybridized carbons (Fsp3) is 0.462. The second-order valence-electron chi connectivity index (χ2n) is 4.09. The van der Waals surface area contributed by atoms with E-state index in [0.717, 1.165) is 6.54 Å². The Bertz CT molecular complexity index is 429. The molecule has 1 rings (SSSR count). The van der Waals surface area contributed by atoms with Crippen molar-refractivity contribution in [3.8, 4) is 5.75 Å². The van der Waals surface area contributed by atoms with Crippen molar-refractivity contribution in [3.05, 3.63) is 28.5 Å². The Morgan fingerprint density at radius 3 is 2.89 bits per heavy atom. The predicted molar refractivity (Wildman–Crippen MR) is 75.8 cm³/mol. The standard InChI is InChI=1S/C13H18BrFN2O2/c1-16-6-7-17(2)13(18)5-8-19-12-4-3-10(14)9-11(12)15/h3-4,9,16H,5-8H2,1-2H3. The van der Waals surface area contributed by atoms with Gasteiger partial charge in [0.05, 0.1) is 13.0 Å². The van der Waals surface area contributed by atoms with E-state index in [0.29, 0.717) is 11.0 Å². The molecule has 106 valence electrons. The SMILES string of the molecule is CNCCN(C)C(=O)CCOc1ccc(Br)cc1F. The minimum Gasteiger partial charge on any atom is -0.490 e. The maximum absolute atomic E-state index is 13.4. The van der Waals surface area contributed by atoms with E-state index in [9.17, 15) is 9.18 Å². The van der Waals surface area contributed by atoms with Gasteiger partial charge in [-0.15, -0.1) is 0 Å². The fourth-order valence-electron chi connectivity index (χ4n) is 1.44. The van der Waals surface area contributed by atoms with Crippen molar-refractivity contribution in [2.24, 2.45) is 0 Å². The van der Waals surface area contributed by atoms with E-state index in [4.69, 9.17) is 4.74 Å². The Balaban J connectivity index is 2.35. The van der Waals surface area contributed by atoms with Crippen LogP contribution in [0.5, 0.6) is 5.75 Å². The Morgan fingerprint density at radius 1 is 1.53 bits per heavy atom. The lowest BCUT2D eigenvalue weighted by molar-refractivity contribution is -0.130. The van der Waals surface area contributed by atoms with Crippen LogP contribution in [0.3, 0.4) is 0 Å². The zero-order valence-electron chi connectivity index (χ0n) is 11.1. The summed E-state index contributed by atoms with van der Waals surface area (Å²) in [7, 11) is 3.57. The van der Waals surface area contributed by atoms with Crippen LogP contribution >= 0.6 is 15.9 Å². The molecule has 0 saturated heterocycles. The quantitative estimate of drug-likeness (QED) is 0.830. The van der Waals surface area contributed by atoms with E-state index >= 15 is 0 Å². The second kappa shape index (κ2) is 8.12. The Morgan fingerprint density at radius 2 is 2.26 bits per heavy atom. The third-order valence-electron chi connectivity index (χ3n) is 2.59. The van der Waals surface area contributed by atoms with E-state index in [2.05, 4.69) is 21.2 Å². The van der Waals surface area contributed by atoms with Crippen LogP contribution in [0.15, 0.2) is 22.7 Å². The number of likely N-dealkylation sites (N-methyl/N-ethyl adjacent to an activating group) is 2. The molecule has 0 unspecified atom stereocenters. The molecule has 0 heterocycles. The molecule has 0 atom stereocenters. The topological polar surface area (TPSA) is 41.6 Å². The fourth-order valence-corrected chi connectivity index (χ4v) is 1.77. The van der Waals surface area contributed by atoms with Gasteiger partial charge in [0.15, 0.2) is 11.6 Å². The number of benzene rings is 1. The maximum Gasteiger partial charge on any atom is 0.225 e. The largest absolute Gasteiger partial charge is 0.490 e. The van der Waals surface area contributed by atoms with Crippen LogP contribution in [0.1, 0.15) is 6.42 Å². The number of carbonyl (C=O) groups excluding carboxylic acids is 1. The monoisotopic (exact) mass is 332 g/mol. The highest BCUT2D eigenvalue weighted by molar-refractivity contribution is 9.10. The molecule has 1 aromatic rings. The van der Waals surface area contributed by atoms with Crippen LogP contribution in [0, 0.1) is 5.82 Å². The summed E-state index contributed by atoms with van der Waals surface area (Å²) < 4.78 is 19.4. The molecule has 1 aromatic carbocycles. The molecule has 0 aromatic heterocycles. The highest BCUT2D eigenvalue weighted by Gasteiger charge is 2.09. The molecule has 0 saturated carbocycles. The number of nitrogens with zero attached hydrogens (tertiary/aromatic N) is 1. The Labute approximate surface area is 121 Å². The predicted octanol–water partition coefficient (Wildman–Crippen LogP) is 2.03. The molecule has 1 N–H and O–H groups in total. The van der Waals surface area contributed by atoms with Crippen molar-refractivity contribution in [2.45, 2.75) is 6.42 Å². The van der Waals surface area contributed by atoms with Crippen LogP contribution in [0.25, 0.3) is 0 Å². The molecule has 1 amide bonds. The number of rotatable bonds is 7. The minimum atomic E-state index is -0.439. The third kappa shape index (κ3) is 5.57. The molecule has 19 heavy (non-hydrogen) atoms. The molecular formula is C13H18BrFN2O2. The summed E-state index contributed by atoms with van der Waals surface area (Å²) in [5, 5.41) is 2.97. The van der Waals surface area contributed by atoms with Crippen molar-refractivity contribution in [1.82, 2.24) is 10.2 Å². The lowest BCUT2D eigenvalue weighted by atomic mass is 10.3. The van der Waals surface area contributed by atoms with Gasteiger partial charge in [-0.2, -0.15) is 0 Å². The first kappa shape index (κ1) is 15.9. The average Bonchev–Trinajstić information content (AvgIpc) is 2.38. The van der Waals surface area contributed by atoms with Crippen LogP contribution in [-0.4, -0.2) is 44.6 Å². The summed E-state index contributed by atoms with van der Waals surface area (Å²) >= 11 is 3.17. The molecule has 4 nitrogen and oxygen atoms in total. The van der Waals surface area contributed by atoms with Gasteiger partial charge < -0.3 is 15.0 Å². The van der Waals surface area contributed by atoms with Crippen molar-refractivity contribution < 1.29 is 13.9 Å². The molecule has 0 bridgehead atoms. The van der Waals surface area contributed by atoms with Crippen molar-refractivity contribution in [3.63, 3.8) is 0 Å². The summed E-state index contributed by atoms with van der Waals surface area (Å²) in [5.41, 5.74) is 0. The van der Waals surface area contributed by atoms with Crippen molar-refractivity contribution in [1.29, 1.82) is 0 Å². The number of amides is 1. The molecule has 0 aliphatic heterocycles. The zero-order valence-corrected chi connectivity index (χ0v) is 12.7. The first-order valence-electron chi connectivity index (χ1n) is 6.01. The lowest BCUT2D eigenvalue weighted by Crippen LogP contribution is -2.33. The molecule has 6 heteroatoms. The minimum absolute atomic E-state index is 0.0206. The van der Waals surface area contributed by atoms with Gasteiger partial charge in [0.2, 0.25) is 5.91 Å². The molecular weight excluding hydrogens is 315 g/mol.